The van der Waals surface area contributed by atoms with Crippen molar-refractivity contribution in [2.24, 2.45) is 0 Å². The molecular weight excluding hydrogens is 931 g/mol. The smallest absolute Gasteiger partial charge is 0.238 e. The van der Waals surface area contributed by atoms with Crippen LogP contribution in [0.4, 0.5) is 20.2 Å². The number of carbonyl (C=O) groups is 4. The zero-order valence-electron chi connectivity index (χ0n) is 38.0. The highest BCUT2D eigenvalue weighted by Gasteiger charge is 2.68. The zero-order chi connectivity index (χ0) is 48.7. The van der Waals surface area contributed by atoms with Crippen LogP contribution in [0.3, 0.4) is 0 Å². The van der Waals surface area contributed by atoms with Crippen LogP contribution in [0, 0.1) is 11.6 Å². The Morgan fingerprint density at radius 2 is 0.829 bits per heavy atom. The fourth-order valence-corrected chi connectivity index (χ4v) is 14.0. The first-order valence-corrected chi connectivity index (χ1v) is 27.0. The second-order valence-electron chi connectivity index (χ2n) is 19.6. The van der Waals surface area contributed by atoms with Gasteiger partial charge in [-0.3, -0.25) is 19.2 Å². The maximum atomic E-state index is 13.7. The van der Waals surface area contributed by atoms with Gasteiger partial charge < -0.3 is 9.80 Å². The lowest BCUT2D eigenvalue weighted by Crippen LogP contribution is -2.32. The van der Waals surface area contributed by atoms with E-state index in [9.17, 15) is 44.8 Å². The molecule has 4 fully saturated rings. The van der Waals surface area contributed by atoms with E-state index in [0.717, 1.165) is 44.8 Å². The third-order valence-corrected chi connectivity index (χ3v) is 19.3. The lowest BCUT2D eigenvalue weighted by Gasteiger charge is -2.19. The summed E-state index contributed by atoms with van der Waals surface area (Å²) in [5.74, 6) is -2.22. The first kappa shape index (κ1) is 45.8. The molecule has 0 radical (unpaired) electrons. The number of sulfone groups is 2. The summed E-state index contributed by atoms with van der Waals surface area (Å²) in [6.07, 6.45) is 3.95. The summed E-state index contributed by atoms with van der Waals surface area (Å²) in [5.41, 5.74) is 6.84. The standard InChI is InChI=1S/2C28H24FNO4S/c2*29-21-11-9-19(10-12-21)24-15-28(24)23-3-1-2-4-25(23)30(27(28)32)16-18-5-7-20(8-6-18)26(31)17-35(33,34)22-13-14-22/h2*1-12,22,24H,13-17H2/t2*24-,28-/m10/s1. The molecule has 10 nitrogen and oxygen atoms in total. The van der Waals surface area contributed by atoms with Crippen molar-refractivity contribution >= 4 is 54.4 Å². The highest BCUT2D eigenvalue weighted by molar-refractivity contribution is 7.93. The van der Waals surface area contributed by atoms with Crippen molar-refractivity contribution in [3.8, 4) is 0 Å². The number of anilines is 2. The molecular formula is C56H48F2N2O8S2. The first-order chi connectivity index (χ1) is 33.6. The molecule has 4 saturated carbocycles. The Hall–Kier alpha value is -6.64. The summed E-state index contributed by atoms with van der Waals surface area (Å²) in [6.45, 7) is 0.700. The highest BCUT2D eigenvalue weighted by Crippen LogP contribution is 2.67. The number of rotatable bonds is 14. The van der Waals surface area contributed by atoms with E-state index in [4.69, 9.17) is 0 Å². The number of halogens is 2. The molecule has 2 aliphatic heterocycles. The van der Waals surface area contributed by atoms with Gasteiger partial charge in [0, 0.05) is 34.3 Å². The minimum atomic E-state index is -3.36. The fourth-order valence-electron chi connectivity index (χ4n) is 10.8. The Labute approximate surface area is 405 Å². The number of carbonyl (C=O) groups excluding carboxylic acids is 4. The maximum absolute atomic E-state index is 13.7. The van der Waals surface area contributed by atoms with Gasteiger partial charge in [-0.05, 0) is 108 Å². The Morgan fingerprint density at radius 1 is 0.486 bits per heavy atom. The van der Waals surface area contributed by atoms with Crippen LogP contribution >= 0.6 is 0 Å². The normalized spacial score (nSPS) is 22.9. The lowest BCUT2D eigenvalue weighted by atomic mass is 9.92. The Balaban J connectivity index is 0.000000152. The first-order valence-electron chi connectivity index (χ1n) is 23.6. The third-order valence-electron chi connectivity index (χ3n) is 15.0. The number of nitrogens with zero attached hydrogens (tertiary/aromatic N) is 2. The summed E-state index contributed by atoms with van der Waals surface area (Å²) < 4.78 is 75.5. The monoisotopic (exact) mass is 978 g/mol. The van der Waals surface area contributed by atoms with Gasteiger partial charge in [0.05, 0.1) is 34.4 Å². The quantitative estimate of drug-likeness (QED) is 0.0985. The predicted molar refractivity (Wildman–Crippen MR) is 261 cm³/mol. The van der Waals surface area contributed by atoms with Crippen LogP contribution in [-0.4, -0.2) is 62.2 Å². The summed E-state index contributed by atoms with van der Waals surface area (Å²) >= 11 is 0. The minimum absolute atomic E-state index is 0.00941. The lowest BCUT2D eigenvalue weighted by molar-refractivity contribution is -0.121. The molecule has 0 aromatic heterocycles. The molecule has 2 spiro atoms. The number of ketones is 2. The minimum Gasteiger partial charge on any atom is -0.307 e. The van der Waals surface area contributed by atoms with Crippen LogP contribution in [0.15, 0.2) is 146 Å². The molecule has 14 heteroatoms. The maximum Gasteiger partial charge on any atom is 0.238 e. The van der Waals surface area contributed by atoms with Crippen molar-refractivity contribution in [3.05, 3.63) is 202 Å². The van der Waals surface area contributed by atoms with Gasteiger partial charge >= 0.3 is 0 Å². The molecule has 0 saturated heterocycles. The molecule has 6 aromatic carbocycles. The van der Waals surface area contributed by atoms with Crippen LogP contribution in [0.25, 0.3) is 0 Å². The zero-order valence-corrected chi connectivity index (χ0v) is 39.6. The summed E-state index contributed by atoms with van der Waals surface area (Å²) in [5, 5.41) is -0.721. The summed E-state index contributed by atoms with van der Waals surface area (Å²) in [6, 6.07) is 42.0. The number of hydrogen-bond acceptors (Lipinski definition) is 8. The Morgan fingerprint density at radius 3 is 1.17 bits per heavy atom. The highest BCUT2D eigenvalue weighted by atomic mass is 32.2. The average molecular weight is 979 g/mol. The number of benzene rings is 6. The Kier molecular flexibility index (Phi) is 11.1. The van der Waals surface area contributed by atoms with Crippen LogP contribution in [-0.2, 0) is 53.2 Å². The number of Topliss-reactive ketones (excluding diaryl/α,β-unsaturated/α-hetero) is 2. The van der Waals surface area contributed by atoms with E-state index in [1.54, 1.807) is 82.6 Å². The van der Waals surface area contributed by atoms with E-state index in [-0.39, 0.29) is 45.8 Å². The van der Waals surface area contributed by atoms with Crippen molar-refractivity contribution in [1.82, 2.24) is 0 Å². The fraction of sp³-hybridized carbons (Fsp3) is 0.286. The van der Waals surface area contributed by atoms with Gasteiger partial charge in [0.1, 0.15) is 23.1 Å². The molecule has 2 heterocycles. The van der Waals surface area contributed by atoms with Gasteiger partial charge in [-0.25, -0.2) is 25.6 Å². The van der Waals surface area contributed by atoms with E-state index < -0.39 is 53.6 Å². The number of fused-ring (bicyclic) bond motifs is 4. The van der Waals surface area contributed by atoms with Crippen molar-refractivity contribution in [3.63, 3.8) is 0 Å². The van der Waals surface area contributed by atoms with Crippen LogP contribution in [0.1, 0.15) is 104 Å². The molecule has 0 N–H and O–H groups in total. The van der Waals surface area contributed by atoms with E-state index in [1.807, 2.05) is 48.5 Å². The van der Waals surface area contributed by atoms with Crippen molar-refractivity contribution in [2.75, 3.05) is 21.3 Å². The molecule has 0 bridgehead atoms. The van der Waals surface area contributed by atoms with Crippen molar-refractivity contribution < 1.29 is 44.8 Å². The molecule has 12 rings (SSSR count). The van der Waals surface area contributed by atoms with Crippen molar-refractivity contribution in [2.45, 2.75) is 84.8 Å². The molecule has 356 valence electrons. The van der Waals surface area contributed by atoms with Gasteiger partial charge in [0.15, 0.2) is 31.2 Å². The van der Waals surface area contributed by atoms with Gasteiger partial charge in [-0.1, -0.05) is 109 Å². The second-order valence-corrected chi connectivity index (χ2v) is 24.2. The van der Waals surface area contributed by atoms with Gasteiger partial charge in [0.2, 0.25) is 11.8 Å². The molecule has 4 aliphatic carbocycles. The largest absolute Gasteiger partial charge is 0.307 e. The molecule has 70 heavy (non-hydrogen) atoms. The molecule has 6 aromatic rings. The van der Waals surface area contributed by atoms with Gasteiger partial charge in [0.25, 0.3) is 0 Å². The predicted octanol–water partition coefficient (Wildman–Crippen LogP) is 9.12. The topological polar surface area (TPSA) is 143 Å². The van der Waals surface area contributed by atoms with Crippen molar-refractivity contribution in [1.29, 1.82) is 0 Å². The average Bonchev–Trinajstić information content (AvgIpc) is 4.16. The SMILES string of the molecule is O=C(CS(=O)(=O)C1CC1)c1ccc(CN2C(=O)[C@@]3(C[C@H]3c3ccc(F)cc3)c3ccccc32)cc1.O=C(CS(=O)(=O)C1CC1)c1ccc(CN2C(=O)[C@]3(C[C@@H]3c3ccc(F)cc3)c3ccccc32)cc1. The molecule has 0 unspecified atom stereocenters. The number of para-hydroxylation sites is 2. The van der Waals surface area contributed by atoms with Crippen LogP contribution < -0.4 is 9.80 Å². The van der Waals surface area contributed by atoms with Crippen LogP contribution in [0.2, 0.25) is 0 Å². The van der Waals surface area contributed by atoms with E-state index in [0.29, 0.717) is 62.7 Å². The summed E-state index contributed by atoms with van der Waals surface area (Å²) in [7, 11) is -6.73. The number of amides is 2. The van der Waals surface area contributed by atoms with Crippen LogP contribution in [0.5, 0.6) is 0 Å². The Bertz CT molecular complexity index is 3110. The summed E-state index contributed by atoms with van der Waals surface area (Å²) in [4.78, 5) is 56.0. The molecule has 6 aliphatic rings. The molecule has 2 amide bonds. The van der Waals surface area contributed by atoms with Gasteiger partial charge in [-0.15, -0.1) is 0 Å². The van der Waals surface area contributed by atoms with E-state index in [2.05, 4.69) is 0 Å². The second kappa shape index (κ2) is 17.0. The third kappa shape index (κ3) is 8.18. The van der Waals surface area contributed by atoms with E-state index in [1.165, 1.54) is 24.3 Å². The van der Waals surface area contributed by atoms with E-state index >= 15 is 0 Å². The van der Waals surface area contributed by atoms with Gasteiger partial charge in [-0.2, -0.15) is 0 Å². The number of hydrogen-bond donors (Lipinski definition) is 0. The molecule has 4 atom stereocenters.